The van der Waals surface area contributed by atoms with Gasteiger partial charge in [-0.05, 0) is 92.7 Å². The number of unbranched alkanes of at least 4 members (excludes halogenated alkanes) is 2. The quantitative estimate of drug-likeness (QED) is 0.255. The van der Waals surface area contributed by atoms with Gasteiger partial charge in [-0.1, -0.05) is 69.7 Å². The number of alkyl halides is 3. The fraction of sp³-hybridized carbons (Fsp3) is 0.714. The van der Waals surface area contributed by atoms with E-state index in [1.165, 1.54) is 89.2 Å². The molecule has 1 nitrogen and oxygen atoms in total. The zero-order chi connectivity index (χ0) is 22.8. The lowest BCUT2D eigenvalue weighted by molar-refractivity contribution is -0.274. The summed E-state index contributed by atoms with van der Waals surface area (Å²) < 4.78 is 40.6. The lowest BCUT2D eigenvalue weighted by Crippen LogP contribution is -2.25. The molecule has 0 bridgehead atoms. The molecule has 0 aromatic heterocycles. The van der Waals surface area contributed by atoms with Crippen molar-refractivity contribution in [2.75, 3.05) is 0 Å². The molecule has 0 atom stereocenters. The van der Waals surface area contributed by atoms with E-state index in [-0.39, 0.29) is 5.75 Å². The van der Waals surface area contributed by atoms with Crippen LogP contribution in [0.3, 0.4) is 0 Å². The Morgan fingerprint density at radius 2 is 1.50 bits per heavy atom. The van der Waals surface area contributed by atoms with Crippen LogP contribution in [0.4, 0.5) is 13.2 Å². The largest absolute Gasteiger partial charge is 0.573 e. The Morgan fingerprint density at radius 1 is 0.875 bits per heavy atom. The molecule has 0 saturated heterocycles. The van der Waals surface area contributed by atoms with E-state index in [1.54, 1.807) is 12.1 Å². The summed E-state index contributed by atoms with van der Waals surface area (Å²) in [5, 5.41) is 0. The molecule has 2 fully saturated rings. The van der Waals surface area contributed by atoms with Crippen molar-refractivity contribution >= 4 is 0 Å². The highest BCUT2D eigenvalue weighted by atomic mass is 19.4. The Balaban J connectivity index is 1.30. The second kappa shape index (κ2) is 12.7. The molecule has 2 saturated carbocycles. The van der Waals surface area contributed by atoms with E-state index in [9.17, 15) is 13.2 Å². The number of aryl methyl sites for hydroxylation is 1. The predicted octanol–water partition coefficient (Wildman–Crippen LogP) is 9.27. The maximum atomic E-state index is 12.2. The molecule has 0 N–H and O–H groups in total. The van der Waals surface area contributed by atoms with Crippen molar-refractivity contribution in [3.05, 3.63) is 42.0 Å². The van der Waals surface area contributed by atoms with Gasteiger partial charge in [0.1, 0.15) is 5.75 Å². The van der Waals surface area contributed by atoms with E-state index in [2.05, 4.69) is 23.8 Å². The van der Waals surface area contributed by atoms with Crippen molar-refractivity contribution in [2.45, 2.75) is 103 Å². The topological polar surface area (TPSA) is 9.23 Å². The van der Waals surface area contributed by atoms with Gasteiger partial charge in [-0.15, -0.1) is 13.2 Å². The minimum atomic E-state index is -4.63. The number of rotatable bonds is 10. The standard InChI is InChI=1S/C28H41F3O/c1-2-3-4-7-22-10-16-25(17-11-22)26-18-12-23(13-19-26)8-5-6-9-24-14-20-27(21-15-24)32-28(29,30)31/h5,8,14-15,20-23,25-26H,2-4,6-7,9-13,16-19H2,1H3/t22-,23-,25-,26-. The number of hydrogen-bond donors (Lipinski definition) is 0. The summed E-state index contributed by atoms with van der Waals surface area (Å²) in [6.07, 6.45) is 18.7. The van der Waals surface area contributed by atoms with Crippen LogP contribution in [0.1, 0.15) is 96.0 Å². The van der Waals surface area contributed by atoms with Crippen LogP contribution in [0, 0.1) is 23.7 Å². The minimum Gasteiger partial charge on any atom is -0.406 e. The zero-order valence-electron chi connectivity index (χ0n) is 19.7. The van der Waals surface area contributed by atoms with E-state index in [4.69, 9.17) is 0 Å². The summed E-state index contributed by atoms with van der Waals surface area (Å²) in [5.74, 6) is 3.49. The SMILES string of the molecule is CCCCC[C@H]1CC[C@H]([C@H]2CC[C@H](C=CCCc3ccc(OC(F)(F)F)cc3)CC2)CC1. The van der Waals surface area contributed by atoms with Crippen LogP contribution in [-0.4, -0.2) is 6.36 Å². The average molecular weight is 451 g/mol. The van der Waals surface area contributed by atoms with Crippen LogP contribution in [0.15, 0.2) is 36.4 Å². The minimum absolute atomic E-state index is 0.154. The first-order valence-corrected chi connectivity index (χ1v) is 12.9. The van der Waals surface area contributed by atoms with Gasteiger partial charge in [0.2, 0.25) is 0 Å². The van der Waals surface area contributed by atoms with Gasteiger partial charge in [-0.3, -0.25) is 0 Å². The lowest BCUT2D eigenvalue weighted by atomic mass is 9.68. The molecule has 0 heterocycles. The number of benzene rings is 1. The summed E-state index contributed by atoms with van der Waals surface area (Å²) in [7, 11) is 0. The van der Waals surface area contributed by atoms with Gasteiger partial charge in [0, 0.05) is 0 Å². The second-order valence-electron chi connectivity index (χ2n) is 10.1. The van der Waals surface area contributed by atoms with Crippen molar-refractivity contribution in [2.24, 2.45) is 23.7 Å². The van der Waals surface area contributed by atoms with Gasteiger partial charge in [-0.2, -0.15) is 0 Å². The third-order valence-corrected chi connectivity index (χ3v) is 7.76. The fourth-order valence-electron chi connectivity index (χ4n) is 5.84. The van der Waals surface area contributed by atoms with Crippen molar-refractivity contribution in [1.29, 1.82) is 0 Å². The average Bonchev–Trinajstić information content (AvgIpc) is 2.78. The van der Waals surface area contributed by atoms with Gasteiger partial charge in [0.05, 0.1) is 0 Å². The molecule has 180 valence electrons. The Morgan fingerprint density at radius 3 is 2.09 bits per heavy atom. The van der Waals surface area contributed by atoms with Crippen LogP contribution in [-0.2, 0) is 6.42 Å². The van der Waals surface area contributed by atoms with Gasteiger partial charge in [0.25, 0.3) is 0 Å². The highest BCUT2D eigenvalue weighted by molar-refractivity contribution is 5.27. The first kappa shape index (κ1) is 25.2. The number of halogens is 3. The Kier molecular flexibility index (Phi) is 9.99. The highest BCUT2D eigenvalue weighted by Gasteiger charge is 2.31. The molecule has 0 amide bonds. The molecule has 0 radical (unpaired) electrons. The van der Waals surface area contributed by atoms with Crippen molar-refractivity contribution < 1.29 is 17.9 Å². The molecule has 32 heavy (non-hydrogen) atoms. The van der Waals surface area contributed by atoms with E-state index >= 15 is 0 Å². The van der Waals surface area contributed by atoms with Crippen molar-refractivity contribution in [3.8, 4) is 5.75 Å². The third-order valence-electron chi connectivity index (χ3n) is 7.76. The summed E-state index contributed by atoms with van der Waals surface area (Å²) in [5.41, 5.74) is 1.04. The zero-order valence-corrected chi connectivity index (χ0v) is 19.7. The first-order chi connectivity index (χ1) is 15.4. The van der Waals surface area contributed by atoms with Crippen LogP contribution in [0.2, 0.25) is 0 Å². The maximum absolute atomic E-state index is 12.2. The first-order valence-electron chi connectivity index (χ1n) is 12.9. The number of allylic oxidation sites excluding steroid dienone is 2. The molecule has 3 rings (SSSR count). The molecule has 0 aliphatic heterocycles. The van der Waals surface area contributed by atoms with E-state index < -0.39 is 6.36 Å². The van der Waals surface area contributed by atoms with E-state index in [1.807, 2.05) is 0 Å². The van der Waals surface area contributed by atoms with Crippen LogP contribution in [0.25, 0.3) is 0 Å². The Labute approximate surface area is 192 Å². The highest BCUT2D eigenvalue weighted by Crippen LogP contribution is 2.42. The maximum Gasteiger partial charge on any atom is 0.573 e. The molecule has 1 aromatic carbocycles. The molecule has 2 aliphatic carbocycles. The molecule has 0 unspecified atom stereocenters. The monoisotopic (exact) mass is 450 g/mol. The van der Waals surface area contributed by atoms with Gasteiger partial charge < -0.3 is 4.74 Å². The summed E-state index contributed by atoms with van der Waals surface area (Å²) in [4.78, 5) is 0. The number of hydrogen-bond acceptors (Lipinski definition) is 1. The van der Waals surface area contributed by atoms with Crippen molar-refractivity contribution in [1.82, 2.24) is 0 Å². The third kappa shape index (κ3) is 8.83. The fourth-order valence-corrected chi connectivity index (χ4v) is 5.84. The van der Waals surface area contributed by atoms with Gasteiger partial charge in [0.15, 0.2) is 0 Å². The van der Waals surface area contributed by atoms with Gasteiger partial charge >= 0.3 is 6.36 Å². The van der Waals surface area contributed by atoms with Gasteiger partial charge in [-0.25, -0.2) is 0 Å². The molecule has 1 aromatic rings. The molecule has 0 spiro atoms. The second-order valence-corrected chi connectivity index (χ2v) is 10.1. The number of ether oxygens (including phenoxy) is 1. The van der Waals surface area contributed by atoms with Crippen LogP contribution in [0.5, 0.6) is 5.75 Å². The van der Waals surface area contributed by atoms with Crippen LogP contribution >= 0.6 is 0 Å². The normalized spacial score (nSPS) is 27.0. The Hall–Kier alpha value is -1.45. The molecular weight excluding hydrogens is 409 g/mol. The van der Waals surface area contributed by atoms with E-state index in [0.29, 0.717) is 5.92 Å². The van der Waals surface area contributed by atoms with Crippen molar-refractivity contribution in [3.63, 3.8) is 0 Å². The predicted molar refractivity (Wildman–Crippen MR) is 126 cm³/mol. The molecular formula is C28H41F3O. The van der Waals surface area contributed by atoms with E-state index in [0.717, 1.165) is 36.2 Å². The lowest BCUT2D eigenvalue weighted by Gasteiger charge is -2.37. The molecule has 2 aliphatic rings. The summed E-state index contributed by atoms with van der Waals surface area (Å²) >= 11 is 0. The van der Waals surface area contributed by atoms with Crippen LogP contribution < -0.4 is 4.74 Å². The molecule has 4 heteroatoms. The summed E-state index contributed by atoms with van der Waals surface area (Å²) in [6.45, 7) is 2.29. The smallest absolute Gasteiger partial charge is 0.406 e. The summed E-state index contributed by atoms with van der Waals surface area (Å²) in [6, 6.07) is 6.23. The Bertz CT molecular complexity index is 663.